The highest BCUT2D eigenvalue weighted by molar-refractivity contribution is 4.91. The van der Waals surface area contributed by atoms with E-state index < -0.39 is 12.1 Å². The Morgan fingerprint density at radius 1 is 1.04 bits per heavy atom. The Balaban J connectivity index is 1.92. The van der Waals surface area contributed by atoms with E-state index in [2.05, 4.69) is 44.4 Å². The highest BCUT2D eigenvalue weighted by Gasteiger charge is 2.43. The number of nitrogens with zero attached hydrogens (tertiary/aromatic N) is 2. The Bertz CT molecular complexity index is 429. The van der Waals surface area contributed by atoms with Crippen LogP contribution in [0.3, 0.4) is 0 Å². The van der Waals surface area contributed by atoms with Gasteiger partial charge in [0.15, 0.2) is 0 Å². The van der Waals surface area contributed by atoms with Gasteiger partial charge in [-0.25, -0.2) is 13.2 Å². The predicted octanol–water partition coefficient (Wildman–Crippen LogP) is 5.51. The predicted molar refractivity (Wildman–Crippen MR) is 103 cm³/mol. The summed E-state index contributed by atoms with van der Waals surface area (Å²) in [4.78, 5) is 4.73. The second-order valence-electron chi connectivity index (χ2n) is 9.03. The molecular weight excluding hydrogens is 337 g/mol. The monoisotopic (exact) mass is 376 g/mol. The fraction of sp³-hybridized carbons (Fsp3) is 1.00. The van der Waals surface area contributed by atoms with E-state index >= 15 is 0 Å². The minimum atomic E-state index is -2.52. The third-order valence-corrected chi connectivity index (χ3v) is 6.76. The van der Waals surface area contributed by atoms with E-state index in [0.717, 1.165) is 25.8 Å². The fourth-order valence-electron chi connectivity index (χ4n) is 5.02. The van der Waals surface area contributed by atoms with Gasteiger partial charge in [-0.2, -0.15) is 0 Å². The molecule has 5 atom stereocenters. The molecule has 0 bridgehead atoms. The van der Waals surface area contributed by atoms with Crippen LogP contribution in [0.1, 0.15) is 79.6 Å². The number of halogens is 3. The first-order chi connectivity index (χ1) is 12.1. The topological polar surface area (TPSA) is 6.48 Å². The molecule has 2 rings (SSSR count). The Hall–Kier alpha value is -0.290. The number of hydrogen-bond acceptors (Lipinski definition) is 2. The van der Waals surface area contributed by atoms with E-state index in [1.165, 1.54) is 0 Å². The van der Waals surface area contributed by atoms with Crippen LogP contribution < -0.4 is 0 Å². The van der Waals surface area contributed by atoms with E-state index in [4.69, 9.17) is 0 Å². The maximum Gasteiger partial charge on any atom is 0.250 e. The maximum absolute atomic E-state index is 14.0. The van der Waals surface area contributed by atoms with Gasteiger partial charge in [0.2, 0.25) is 0 Å². The Morgan fingerprint density at radius 2 is 1.73 bits per heavy atom. The molecule has 2 fully saturated rings. The number of piperidine rings is 2. The largest absolute Gasteiger partial charge is 0.298 e. The van der Waals surface area contributed by atoms with Crippen LogP contribution in [-0.2, 0) is 0 Å². The molecule has 0 N–H and O–H groups in total. The molecule has 2 aliphatic heterocycles. The van der Waals surface area contributed by atoms with Crippen molar-refractivity contribution >= 4 is 0 Å². The lowest BCUT2D eigenvalue weighted by Crippen LogP contribution is -2.53. The van der Waals surface area contributed by atoms with Crippen molar-refractivity contribution in [1.29, 1.82) is 0 Å². The molecule has 2 saturated heterocycles. The van der Waals surface area contributed by atoms with Crippen molar-refractivity contribution in [2.24, 2.45) is 5.92 Å². The smallest absolute Gasteiger partial charge is 0.250 e. The first-order valence-corrected chi connectivity index (χ1v) is 10.7. The third-order valence-electron chi connectivity index (χ3n) is 6.76. The highest BCUT2D eigenvalue weighted by atomic mass is 19.3. The Labute approximate surface area is 158 Å². The molecular formula is C21H39F3N2. The summed E-state index contributed by atoms with van der Waals surface area (Å²) in [5.74, 6) is -2.27. The van der Waals surface area contributed by atoms with E-state index in [9.17, 15) is 13.2 Å². The molecule has 2 heterocycles. The lowest BCUT2D eigenvalue weighted by Gasteiger charge is -2.45. The van der Waals surface area contributed by atoms with Crippen molar-refractivity contribution in [1.82, 2.24) is 9.80 Å². The van der Waals surface area contributed by atoms with Crippen molar-refractivity contribution < 1.29 is 13.2 Å². The molecule has 154 valence electrons. The van der Waals surface area contributed by atoms with Crippen LogP contribution in [0.5, 0.6) is 0 Å². The maximum atomic E-state index is 14.0. The SMILES string of the molecule is CC[C@H]1C[C@H](F)CCN1C(C)CCC(C)[C@H]1CC(F)(F)CCN1C(C)C. The summed E-state index contributed by atoms with van der Waals surface area (Å²) >= 11 is 0. The molecule has 0 amide bonds. The van der Waals surface area contributed by atoms with Gasteiger partial charge in [-0.05, 0) is 58.8 Å². The van der Waals surface area contributed by atoms with Crippen LogP contribution in [-0.4, -0.2) is 59.2 Å². The van der Waals surface area contributed by atoms with Crippen molar-refractivity contribution in [3.63, 3.8) is 0 Å². The first kappa shape index (κ1) is 22.0. The normalized spacial score (nSPS) is 33.3. The Kier molecular flexibility index (Phi) is 7.85. The highest BCUT2D eigenvalue weighted by Crippen LogP contribution is 2.37. The van der Waals surface area contributed by atoms with E-state index in [1.807, 2.05) is 0 Å². The average molecular weight is 377 g/mol. The first-order valence-electron chi connectivity index (χ1n) is 10.7. The van der Waals surface area contributed by atoms with Crippen molar-refractivity contribution in [2.75, 3.05) is 13.1 Å². The van der Waals surface area contributed by atoms with Crippen LogP contribution >= 0.6 is 0 Å². The average Bonchev–Trinajstić information content (AvgIpc) is 2.57. The minimum absolute atomic E-state index is 0.00837. The molecule has 0 saturated carbocycles. The molecule has 0 spiro atoms. The summed E-state index contributed by atoms with van der Waals surface area (Å²) < 4.78 is 41.7. The van der Waals surface area contributed by atoms with Crippen LogP contribution in [0.15, 0.2) is 0 Å². The van der Waals surface area contributed by atoms with Gasteiger partial charge >= 0.3 is 0 Å². The zero-order chi connectivity index (χ0) is 19.5. The van der Waals surface area contributed by atoms with Crippen LogP contribution in [0.2, 0.25) is 0 Å². The lowest BCUT2D eigenvalue weighted by molar-refractivity contribution is -0.0968. The Morgan fingerprint density at radius 3 is 2.35 bits per heavy atom. The molecule has 0 aromatic carbocycles. The lowest BCUT2D eigenvalue weighted by atomic mass is 9.84. The van der Waals surface area contributed by atoms with Gasteiger partial charge in [0.25, 0.3) is 5.92 Å². The quantitative estimate of drug-likeness (QED) is 0.578. The van der Waals surface area contributed by atoms with Gasteiger partial charge in [0, 0.05) is 50.1 Å². The van der Waals surface area contributed by atoms with Gasteiger partial charge in [-0.15, -0.1) is 0 Å². The van der Waals surface area contributed by atoms with Crippen molar-refractivity contribution in [2.45, 2.75) is 116 Å². The van der Waals surface area contributed by atoms with Crippen molar-refractivity contribution in [3.8, 4) is 0 Å². The van der Waals surface area contributed by atoms with Gasteiger partial charge in [-0.1, -0.05) is 13.8 Å². The fourth-order valence-corrected chi connectivity index (χ4v) is 5.02. The zero-order valence-electron chi connectivity index (χ0n) is 17.4. The number of rotatable bonds is 7. The summed E-state index contributed by atoms with van der Waals surface area (Å²) in [5, 5.41) is 0. The zero-order valence-corrected chi connectivity index (χ0v) is 17.4. The summed E-state index contributed by atoms with van der Waals surface area (Å²) in [6, 6.07) is 0.996. The molecule has 2 nitrogen and oxygen atoms in total. The summed E-state index contributed by atoms with van der Waals surface area (Å²) in [6.45, 7) is 12.0. The molecule has 0 aromatic rings. The summed E-state index contributed by atoms with van der Waals surface area (Å²) in [6.07, 6.45) is 3.54. The minimum Gasteiger partial charge on any atom is -0.298 e. The van der Waals surface area contributed by atoms with Gasteiger partial charge < -0.3 is 0 Å². The van der Waals surface area contributed by atoms with Crippen LogP contribution in [0, 0.1) is 5.92 Å². The summed E-state index contributed by atoms with van der Waals surface area (Å²) in [5.41, 5.74) is 0. The number of likely N-dealkylation sites (tertiary alicyclic amines) is 2. The molecule has 5 heteroatoms. The molecule has 0 aromatic heterocycles. The second-order valence-corrected chi connectivity index (χ2v) is 9.03. The number of hydrogen-bond donors (Lipinski definition) is 0. The second kappa shape index (κ2) is 9.27. The van der Waals surface area contributed by atoms with Crippen molar-refractivity contribution in [3.05, 3.63) is 0 Å². The molecule has 0 radical (unpaired) electrons. The molecule has 26 heavy (non-hydrogen) atoms. The standard InChI is InChI=1S/C21H39F3N2/c1-6-19-13-18(22)9-11-26(19)17(5)8-7-16(4)20-14-21(23,24)10-12-25(20)15(2)3/h15-20H,6-14H2,1-5H3/t16?,17?,18-,19+,20-/m1/s1. The van der Waals surface area contributed by atoms with E-state index in [-0.39, 0.29) is 24.8 Å². The molecule has 2 aliphatic rings. The summed E-state index contributed by atoms with van der Waals surface area (Å²) in [7, 11) is 0. The van der Waals surface area contributed by atoms with E-state index in [0.29, 0.717) is 37.5 Å². The van der Waals surface area contributed by atoms with Gasteiger partial charge in [-0.3, -0.25) is 9.80 Å². The van der Waals surface area contributed by atoms with Crippen LogP contribution in [0.25, 0.3) is 0 Å². The van der Waals surface area contributed by atoms with E-state index in [1.54, 1.807) is 0 Å². The molecule has 0 aliphatic carbocycles. The van der Waals surface area contributed by atoms with Gasteiger partial charge in [0.05, 0.1) is 0 Å². The third kappa shape index (κ3) is 5.60. The van der Waals surface area contributed by atoms with Gasteiger partial charge in [0.1, 0.15) is 6.17 Å². The molecule has 2 unspecified atom stereocenters. The van der Waals surface area contributed by atoms with Crippen LogP contribution in [0.4, 0.5) is 13.2 Å². The number of alkyl halides is 3.